The third-order valence-corrected chi connectivity index (χ3v) is 4.25. The van der Waals surface area contributed by atoms with Gasteiger partial charge in [0, 0.05) is 13.6 Å². The summed E-state index contributed by atoms with van der Waals surface area (Å²) in [6, 6.07) is 15.5. The van der Waals surface area contributed by atoms with Crippen LogP contribution in [0.2, 0.25) is 0 Å². The molecule has 1 aliphatic heterocycles. The molecular weight excluding hydrogens is 208 g/mol. The summed E-state index contributed by atoms with van der Waals surface area (Å²) in [5.74, 6) is 0.800. The number of nitrogens with zero attached hydrogens (tertiary/aromatic N) is 1. The number of hydrazine groups is 1. The zero-order chi connectivity index (χ0) is 11.5. The Bertz CT molecular complexity index is 592. The molecule has 0 amide bonds. The zero-order valence-corrected chi connectivity index (χ0v) is 9.98. The highest BCUT2D eigenvalue weighted by molar-refractivity contribution is 5.83. The van der Waals surface area contributed by atoms with Gasteiger partial charge in [-0.2, -0.15) is 0 Å². The van der Waals surface area contributed by atoms with E-state index in [-0.39, 0.29) is 5.54 Å². The molecular formula is C15H16N2. The van der Waals surface area contributed by atoms with Gasteiger partial charge in [-0.1, -0.05) is 36.4 Å². The molecule has 2 unspecified atom stereocenters. The first-order valence-electron chi connectivity index (χ1n) is 6.26. The SMILES string of the molecule is CN1CC2CC2(c2ccc3ccccc3c2)N1. The molecule has 0 spiro atoms. The summed E-state index contributed by atoms with van der Waals surface area (Å²) in [7, 11) is 2.13. The zero-order valence-electron chi connectivity index (χ0n) is 9.98. The van der Waals surface area contributed by atoms with Gasteiger partial charge >= 0.3 is 0 Å². The van der Waals surface area contributed by atoms with Crippen LogP contribution in [-0.2, 0) is 5.54 Å². The van der Waals surface area contributed by atoms with Gasteiger partial charge in [0.25, 0.3) is 0 Å². The van der Waals surface area contributed by atoms with Crippen LogP contribution in [0.3, 0.4) is 0 Å². The smallest absolute Gasteiger partial charge is 0.0620 e. The summed E-state index contributed by atoms with van der Waals surface area (Å²) in [6.45, 7) is 1.17. The lowest BCUT2D eigenvalue weighted by molar-refractivity contribution is 0.246. The van der Waals surface area contributed by atoms with Gasteiger partial charge in [0.05, 0.1) is 5.54 Å². The second kappa shape index (κ2) is 3.09. The molecule has 4 rings (SSSR count). The minimum absolute atomic E-state index is 0.249. The van der Waals surface area contributed by atoms with Gasteiger partial charge in [0.15, 0.2) is 0 Å². The Kier molecular flexibility index (Phi) is 1.75. The van der Waals surface area contributed by atoms with Crippen molar-refractivity contribution in [2.75, 3.05) is 13.6 Å². The van der Waals surface area contributed by atoms with E-state index in [1.807, 2.05) is 0 Å². The van der Waals surface area contributed by atoms with Crippen LogP contribution in [0.1, 0.15) is 12.0 Å². The molecule has 17 heavy (non-hydrogen) atoms. The van der Waals surface area contributed by atoms with Crippen LogP contribution in [0, 0.1) is 5.92 Å². The molecule has 86 valence electrons. The van der Waals surface area contributed by atoms with Gasteiger partial charge in [-0.3, -0.25) is 0 Å². The molecule has 1 heterocycles. The molecule has 1 N–H and O–H groups in total. The van der Waals surface area contributed by atoms with Crippen LogP contribution in [0.15, 0.2) is 42.5 Å². The van der Waals surface area contributed by atoms with Crippen molar-refractivity contribution in [3.8, 4) is 0 Å². The fraction of sp³-hybridized carbons (Fsp3) is 0.333. The van der Waals surface area contributed by atoms with Crippen molar-refractivity contribution in [3.05, 3.63) is 48.0 Å². The minimum atomic E-state index is 0.249. The van der Waals surface area contributed by atoms with Crippen LogP contribution in [-0.4, -0.2) is 18.6 Å². The third-order valence-electron chi connectivity index (χ3n) is 4.25. The number of benzene rings is 2. The Labute approximate surface area is 101 Å². The fourth-order valence-electron chi connectivity index (χ4n) is 3.29. The maximum Gasteiger partial charge on any atom is 0.0620 e. The molecule has 0 aromatic heterocycles. The molecule has 1 aliphatic carbocycles. The highest BCUT2D eigenvalue weighted by atomic mass is 15.6. The van der Waals surface area contributed by atoms with Crippen LogP contribution in [0.25, 0.3) is 10.8 Å². The molecule has 1 saturated heterocycles. The van der Waals surface area contributed by atoms with E-state index in [2.05, 4.69) is 59.9 Å². The van der Waals surface area contributed by atoms with Gasteiger partial charge in [0.1, 0.15) is 0 Å². The van der Waals surface area contributed by atoms with Crippen LogP contribution < -0.4 is 5.43 Å². The molecule has 1 saturated carbocycles. The van der Waals surface area contributed by atoms with Gasteiger partial charge in [-0.05, 0) is 34.7 Å². The second-order valence-corrected chi connectivity index (χ2v) is 5.43. The summed E-state index contributed by atoms with van der Waals surface area (Å²) in [5, 5.41) is 4.90. The summed E-state index contributed by atoms with van der Waals surface area (Å²) in [5.41, 5.74) is 5.32. The Morgan fingerprint density at radius 1 is 1.18 bits per heavy atom. The summed E-state index contributed by atoms with van der Waals surface area (Å²) >= 11 is 0. The fourth-order valence-corrected chi connectivity index (χ4v) is 3.29. The maximum atomic E-state index is 3.62. The van der Waals surface area contributed by atoms with Crippen molar-refractivity contribution in [1.82, 2.24) is 10.4 Å². The first kappa shape index (κ1) is 9.63. The van der Waals surface area contributed by atoms with E-state index in [0.29, 0.717) is 0 Å². The number of hydrogen-bond donors (Lipinski definition) is 1. The Morgan fingerprint density at radius 3 is 2.76 bits per heavy atom. The van der Waals surface area contributed by atoms with Crippen molar-refractivity contribution in [2.45, 2.75) is 12.0 Å². The lowest BCUT2D eigenvalue weighted by Gasteiger charge is -2.19. The molecule has 2 fully saturated rings. The maximum absolute atomic E-state index is 3.62. The van der Waals surface area contributed by atoms with E-state index >= 15 is 0 Å². The summed E-state index contributed by atoms with van der Waals surface area (Å²) < 4.78 is 0. The van der Waals surface area contributed by atoms with Crippen molar-refractivity contribution in [3.63, 3.8) is 0 Å². The molecule has 2 atom stereocenters. The normalized spacial score (nSPS) is 31.7. The standard InChI is InChI=1S/C15H16N2/c1-17-10-14-9-15(14,16-17)13-7-6-11-4-2-3-5-12(11)8-13/h2-8,14,16H,9-10H2,1H3. The van der Waals surface area contributed by atoms with Gasteiger partial charge in [-0.25, -0.2) is 10.4 Å². The largest absolute Gasteiger partial charge is 0.246 e. The van der Waals surface area contributed by atoms with E-state index in [1.165, 1.54) is 29.3 Å². The number of hydrogen-bond acceptors (Lipinski definition) is 2. The molecule has 2 heteroatoms. The van der Waals surface area contributed by atoms with Gasteiger partial charge < -0.3 is 0 Å². The summed E-state index contributed by atoms with van der Waals surface area (Å²) in [4.78, 5) is 0. The lowest BCUT2D eigenvalue weighted by atomic mass is 9.99. The molecule has 2 nitrogen and oxygen atoms in total. The van der Waals surface area contributed by atoms with E-state index in [4.69, 9.17) is 0 Å². The molecule has 2 aliphatic rings. The monoisotopic (exact) mass is 224 g/mol. The van der Waals surface area contributed by atoms with Gasteiger partial charge in [-0.15, -0.1) is 0 Å². The first-order valence-corrected chi connectivity index (χ1v) is 6.26. The van der Waals surface area contributed by atoms with Crippen molar-refractivity contribution in [1.29, 1.82) is 0 Å². The second-order valence-electron chi connectivity index (χ2n) is 5.43. The number of rotatable bonds is 1. The van der Waals surface area contributed by atoms with Gasteiger partial charge in [0.2, 0.25) is 0 Å². The Morgan fingerprint density at radius 2 is 2.00 bits per heavy atom. The van der Waals surface area contributed by atoms with Crippen LogP contribution in [0.4, 0.5) is 0 Å². The molecule has 0 radical (unpaired) electrons. The van der Waals surface area contributed by atoms with E-state index in [0.717, 1.165) is 5.92 Å². The van der Waals surface area contributed by atoms with Crippen LogP contribution in [0.5, 0.6) is 0 Å². The average Bonchev–Trinajstić information content (AvgIpc) is 2.93. The molecule has 2 aromatic carbocycles. The highest BCUT2D eigenvalue weighted by Gasteiger charge is 2.60. The summed E-state index contributed by atoms with van der Waals surface area (Å²) in [6.07, 6.45) is 1.29. The number of nitrogens with one attached hydrogen (secondary N) is 1. The Balaban J connectivity index is 1.82. The van der Waals surface area contributed by atoms with E-state index in [9.17, 15) is 0 Å². The predicted molar refractivity (Wildman–Crippen MR) is 69.5 cm³/mol. The number of fused-ring (bicyclic) bond motifs is 2. The van der Waals surface area contributed by atoms with Crippen molar-refractivity contribution in [2.24, 2.45) is 5.92 Å². The van der Waals surface area contributed by atoms with E-state index < -0.39 is 0 Å². The Hall–Kier alpha value is -1.38. The lowest BCUT2D eigenvalue weighted by Crippen LogP contribution is -2.36. The average molecular weight is 224 g/mol. The molecule has 2 aromatic rings. The predicted octanol–water partition coefficient (Wildman–Crippen LogP) is 2.50. The topological polar surface area (TPSA) is 15.3 Å². The third kappa shape index (κ3) is 1.28. The quantitative estimate of drug-likeness (QED) is 0.800. The van der Waals surface area contributed by atoms with Crippen molar-refractivity contribution >= 4 is 10.8 Å². The van der Waals surface area contributed by atoms with Crippen molar-refractivity contribution < 1.29 is 0 Å². The highest BCUT2D eigenvalue weighted by Crippen LogP contribution is 2.55. The van der Waals surface area contributed by atoms with Crippen LogP contribution >= 0.6 is 0 Å². The van der Waals surface area contributed by atoms with E-state index in [1.54, 1.807) is 0 Å². The molecule has 0 bridgehead atoms. The minimum Gasteiger partial charge on any atom is -0.246 e. The first-order chi connectivity index (χ1) is 8.28.